The van der Waals surface area contributed by atoms with Crippen molar-refractivity contribution in [3.8, 4) is 0 Å². The van der Waals surface area contributed by atoms with E-state index in [0.717, 1.165) is 0 Å². The van der Waals surface area contributed by atoms with E-state index in [1.807, 2.05) is 0 Å². The van der Waals surface area contributed by atoms with Crippen molar-refractivity contribution in [2.45, 2.75) is 31.9 Å². The summed E-state index contributed by atoms with van der Waals surface area (Å²) < 4.78 is 34.8. The molecule has 0 aromatic carbocycles. The molecule has 0 amide bonds. The fourth-order valence-electron chi connectivity index (χ4n) is 0.716. The van der Waals surface area contributed by atoms with Crippen LogP contribution in [0.1, 0.15) is 25.7 Å². The molecule has 0 radical (unpaired) electrons. The Morgan fingerprint density at radius 3 is 2.33 bits per heavy atom. The van der Waals surface area contributed by atoms with Crippen LogP contribution in [0.15, 0.2) is 12.7 Å². The molecule has 1 nitrogen and oxygen atoms in total. The van der Waals surface area contributed by atoms with E-state index in [1.165, 1.54) is 0 Å². The van der Waals surface area contributed by atoms with Crippen LogP contribution in [0.25, 0.3) is 0 Å². The van der Waals surface area contributed by atoms with Crippen LogP contribution in [0.3, 0.4) is 0 Å². The summed E-state index contributed by atoms with van der Waals surface area (Å²) in [5, 5.41) is 0. The van der Waals surface area contributed by atoms with Gasteiger partial charge < -0.3 is 0 Å². The fraction of sp³-hybridized carbons (Fsp3) is 0.625. The molecule has 0 rings (SSSR count). The fourth-order valence-corrected chi connectivity index (χ4v) is 0.716. The number of unbranched alkanes of at least 4 members (excludes halogenated alkanes) is 2. The molecule has 0 aromatic heterocycles. The summed E-state index contributed by atoms with van der Waals surface area (Å²) >= 11 is 0. The van der Waals surface area contributed by atoms with Gasteiger partial charge in [-0.2, -0.15) is 13.2 Å². The van der Waals surface area contributed by atoms with Crippen LogP contribution in [0.5, 0.6) is 0 Å². The summed E-state index contributed by atoms with van der Waals surface area (Å²) in [4.78, 5) is 10.3. The van der Waals surface area contributed by atoms with E-state index < -0.39 is 18.4 Å². The highest BCUT2D eigenvalue weighted by Gasteiger charge is 2.36. The molecule has 0 aliphatic heterocycles. The molecule has 4 heteroatoms. The molecule has 12 heavy (non-hydrogen) atoms. The highest BCUT2D eigenvalue weighted by molar-refractivity contribution is 5.83. The van der Waals surface area contributed by atoms with E-state index in [0.29, 0.717) is 12.8 Å². The van der Waals surface area contributed by atoms with Gasteiger partial charge in [0.1, 0.15) is 0 Å². The van der Waals surface area contributed by atoms with Crippen molar-refractivity contribution in [2.75, 3.05) is 0 Å². The van der Waals surface area contributed by atoms with Gasteiger partial charge in [0.15, 0.2) is 0 Å². The normalized spacial score (nSPS) is 11.2. The highest BCUT2D eigenvalue weighted by atomic mass is 19.4. The number of rotatable bonds is 5. The van der Waals surface area contributed by atoms with Crippen LogP contribution in [0.4, 0.5) is 13.2 Å². The van der Waals surface area contributed by atoms with Crippen LogP contribution in [-0.2, 0) is 4.79 Å². The number of halogens is 3. The zero-order valence-corrected chi connectivity index (χ0v) is 6.66. The number of hydrogen-bond acceptors (Lipinski definition) is 1. The number of Topliss-reactive ketones (excluding diaryl/α,β-unsaturated/α-hetero) is 1. The van der Waals surface area contributed by atoms with Gasteiger partial charge in [-0.1, -0.05) is 6.08 Å². The van der Waals surface area contributed by atoms with Crippen molar-refractivity contribution in [3.05, 3.63) is 12.7 Å². The van der Waals surface area contributed by atoms with Gasteiger partial charge in [0.25, 0.3) is 0 Å². The minimum absolute atomic E-state index is 0.282. The van der Waals surface area contributed by atoms with Crippen molar-refractivity contribution in [3.63, 3.8) is 0 Å². The van der Waals surface area contributed by atoms with Crippen LogP contribution >= 0.6 is 0 Å². The molecule has 0 heterocycles. The van der Waals surface area contributed by atoms with Gasteiger partial charge >= 0.3 is 6.18 Å². The first-order valence-corrected chi connectivity index (χ1v) is 3.69. The van der Waals surface area contributed by atoms with Crippen LogP contribution in [-0.4, -0.2) is 12.0 Å². The Balaban J connectivity index is 3.51. The third kappa shape index (κ3) is 4.93. The van der Waals surface area contributed by atoms with Gasteiger partial charge in [-0.05, 0) is 19.3 Å². The molecule has 0 saturated heterocycles. The Hall–Kier alpha value is -0.800. The summed E-state index contributed by atoms with van der Waals surface area (Å²) in [6.45, 7) is 3.42. The van der Waals surface area contributed by atoms with Gasteiger partial charge in [0.2, 0.25) is 5.78 Å². The minimum atomic E-state index is -4.66. The number of carbonyl (C=O) groups excluding carboxylic acids is 1. The number of ketones is 1. The monoisotopic (exact) mass is 180 g/mol. The summed E-state index contributed by atoms with van der Waals surface area (Å²) in [6, 6.07) is 0. The van der Waals surface area contributed by atoms with E-state index in [1.54, 1.807) is 6.08 Å². The van der Waals surface area contributed by atoms with E-state index in [4.69, 9.17) is 0 Å². The lowest BCUT2D eigenvalue weighted by molar-refractivity contribution is -0.171. The Bertz CT molecular complexity index is 160. The standard InChI is InChI=1S/C8H11F3O/c1-2-3-4-5-6-7(12)8(9,10)11/h2H,1,3-6H2. The minimum Gasteiger partial charge on any atom is -0.290 e. The van der Waals surface area contributed by atoms with Gasteiger partial charge in [0, 0.05) is 6.42 Å². The van der Waals surface area contributed by atoms with E-state index in [9.17, 15) is 18.0 Å². The first kappa shape index (κ1) is 11.2. The number of allylic oxidation sites excluding steroid dienone is 1. The molecule has 0 spiro atoms. The molecule has 0 atom stereocenters. The molecule has 0 bridgehead atoms. The van der Waals surface area contributed by atoms with Crippen molar-refractivity contribution in [2.24, 2.45) is 0 Å². The number of hydrogen-bond donors (Lipinski definition) is 0. The molecule has 70 valence electrons. The molecule has 0 aliphatic carbocycles. The van der Waals surface area contributed by atoms with Crippen molar-refractivity contribution in [1.82, 2.24) is 0 Å². The Kier molecular flexibility index (Phi) is 4.62. The van der Waals surface area contributed by atoms with Crippen LogP contribution in [0, 0.1) is 0 Å². The Labute approximate surface area is 69.3 Å². The van der Waals surface area contributed by atoms with Gasteiger partial charge in [-0.3, -0.25) is 4.79 Å². The number of carbonyl (C=O) groups is 1. The summed E-state index contributed by atoms with van der Waals surface area (Å²) in [7, 11) is 0. The molecule has 0 aliphatic rings. The van der Waals surface area contributed by atoms with Crippen LogP contribution in [0.2, 0.25) is 0 Å². The maximum atomic E-state index is 11.6. The second-order valence-electron chi connectivity index (χ2n) is 2.46. The van der Waals surface area contributed by atoms with Gasteiger partial charge in [-0.15, -0.1) is 6.58 Å². The molecule has 0 fully saturated rings. The highest BCUT2D eigenvalue weighted by Crippen LogP contribution is 2.19. The lowest BCUT2D eigenvalue weighted by Gasteiger charge is -2.03. The third-order valence-corrected chi connectivity index (χ3v) is 1.38. The molecule has 0 aromatic rings. The van der Waals surface area contributed by atoms with E-state index >= 15 is 0 Å². The third-order valence-electron chi connectivity index (χ3n) is 1.38. The van der Waals surface area contributed by atoms with Crippen molar-refractivity contribution >= 4 is 5.78 Å². The smallest absolute Gasteiger partial charge is 0.290 e. The van der Waals surface area contributed by atoms with Crippen molar-refractivity contribution in [1.29, 1.82) is 0 Å². The van der Waals surface area contributed by atoms with E-state index in [-0.39, 0.29) is 6.42 Å². The second kappa shape index (κ2) is 4.95. The SMILES string of the molecule is C=CCCCCC(=O)C(F)(F)F. The zero-order valence-electron chi connectivity index (χ0n) is 6.66. The largest absolute Gasteiger partial charge is 0.449 e. The second-order valence-corrected chi connectivity index (χ2v) is 2.46. The predicted molar refractivity (Wildman–Crippen MR) is 39.7 cm³/mol. The lowest BCUT2D eigenvalue weighted by atomic mass is 10.1. The zero-order chi connectivity index (χ0) is 9.61. The quantitative estimate of drug-likeness (QED) is 0.469. The average molecular weight is 180 g/mol. The maximum Gasteiger partial charge on any atom is 0.449 e. The van der Waals surface area contributed by atoms with E-state index in [2.05, 4.69) is 6.58 Å². The Morgan fingerprint density at radius 1 is 1.33 bits per heavy atom. The topological polar surface area (TPSA) is 17.1 Å². The first-order valence-electron chi connectivity index (χ1n) is 3.69. The van der Waals surface area contributed by atoms with Crippen molar-refractivity contribution < 1.29 is 18.0 Å². The maximum absolute atomic E-state index is 11.6. The summed E-state index contributed by atoms with van der Waals surface area (Å²) in [6.07, 6.45) is -1.91. The van der Waals surface area contributed by atoms with Gasteiger partial charge in [-0.25, -0.2) is 0 Å². The van der Waals surface area contributed by atoms with Crippen LogP contribution < -0.4 is 0 Å². The molecular weight excluding hydrogens is 169 g/mol. The average Bonchev–Trinajstić information content (AvgIpc) is 1.96. The molecule has 0 N–H and O–H groups in total. The first-order chi connectivity index (χ1) is 5.48. The van der Waals surface area contributed by atoms with Gasteiger partial charge in [0.05, 0.1) is 0 Å². The summed E-state index contributed by atoms with van der Waals surface area (Å²) in [5.41, 5.74) is 0. The molecule has 0 saturated carbocycles. The lowest BCUT2D eigenvalue weighted by Crippen LogP contribution is -2.22. The molecule has 0 unspecified atom stereocenters. The Morgan fingerprint density at radius 2 is 1.92 bits per heavy atom. The predicted octanol–water partition coefficient (Wildman–Crippen LogP) is 2.86. The summed E-state index contributed by atoms with van der Waals surface area (Å²) in [5.74, 6) is -1.63. The number of alkyl halides is 3. The molecular formula is C8H11F3O.